The SMILES string of the molecule is COC(=O)C(C)OC(=O)[C@H](C)NC(=O)[C@H](OC)c1c(C)cccc1C. The van der Waals surface area contributed by atoms with Crippen LogP contribution in [-0.2, 0) is 28.6 Å². The monoisotopic (exact) mass is 351 g/mol. The Morgan fingerprint density at radius 2 is 1.56 bits per heavy atom. The summed E-state index contributed by atoms with van der Waals surface area (Å²) in [6, 6.07) is 4.73. The molecule has 7 nitrogen and oxygen atoms in total. The molecular weight excluding hydrogens is 326 g/mol. The van der Waals surface area contributed by atoms with E-state index in [0.717, 1.165) is 16.7 Å². The summed E-state index contributed by atoms with van der Waals surface area (Å²) in [5.74, 6) is -1.87. The van der Waals surface area contributed by atoms with Gasteiger partial charge < -0.3 is 19.5 Å². The predicted octanol–water partition coefficient (Wildman–Crippen LogP) is 1.60. The standard InChI is InChI=1S/C18H25NO6/c1-10-8-7-9-11(2)14(10)15(23-5)16(20)19-12(3)17(21)25-13(4)18(22)24-6/h7-9,12-13,15H,1-6H3,(H,19,20)/t12-,13?,15+/m0/s1. The molecule has 0 fully saturated rings. The van der Waals surface area contributed by atoms with Crippen LogP contribution in [0, 0.1) is 13.8 Å². The summed E-state index contributed by atoms with van der Waals surface area (Å²) >= 11 is 0. The zero-order valence-corrected chi connectivity index (χ0v) is 15.4. The molecule has 1 rings (SSSR count). The Hall–Kier alpha value is -2.41. The number of hydrogen-bond donors (Lipinski definition) is 1. The molecule has 0 radical (unpaired) electrons. The van der Waals surface area contributed by atoms with Crippen molar-refractivity contribution in [1.82, 2.24) is 5.32 Å². The minimum Gasteiger partial charge on any atom is -0.466 e. The molecule has 0 heterocycles. The number of rotatable bonds is 7. The Morgan fingerprint density at radius 3 is 2.04 bits per heavy atom. The highest BCUT2D eigenvalue weighted by Gasteiger charge is 2.28. The molecule has 1 unspecified atom stereocenters. The molecule has 1 aromatic carbocycles. The number of benzene rings is 1. The van der Waals surface area contributed by atoms with Crippen molar-refractivity contribution >= 4 is 17.8 Å². The van der Waals surface area contributed by atoms with Crippen LogP contribution in [0.3, 0.4) is 0 Å². The maximum absolute atomic E-state index is 12.5. The summed E-state index contributed by atoms with van der Waals surface area (Å²) in [7, 11) is 2.63. The van der Waals surface area contributed by atoms with E-state index < -0.39 is 36.1 Å². The number of ether oxygens (including phenoxy) is 3. The first-order valence-corrected chi connectivity index (χ1v) is 7.90. The molecule has 0 saturated carbocycles. The van der Waals surface area contributed by atoms with Crippen molar-refractivity contribution in [2.24, 2.45) is 0 Å². The van der Waals surface area contributed by atoms with E-state index in [-0.39, 0.29) is 0 Å². The van der Waals surface area contributed by atoms with Gasteiger partial charge in [-0.25, -0.2) is 9.59 Å². The van der Waals surface area contributed by atoms with Crippen molar-refractivity contribution < 1.29 is 28.6 Å². The highest BCUT2D eigenvalue weighted by atomic mass is 16.6. The van der Waals surface area contributed by atoms with Crippen molar-refractivity contribution in [2.75, 3.05) is 14.2 Å². The Labute approximate surface area is 147 Å². The largest absolute Gasteiger partial charge is 0.466 e. The van der Waals surface area contributed by atoms with Gasteiger partial charge in [-0.2, -0.15) is 0 Å². The normalized spacial score (nSPS) is 14.2. The maximum Gasteiger partial charge on any atom is 0.346 e. The van der Waals surface area contributed by atoms with Gasteiger partial charge in [0.05, 0.1) is 7.11 Å². The minimum atomic E-state index is -1.05. The Bertz CT molecular complexity index is 622. The van der Waals surface area contributed by atoms with Crippen molar-refractivity contribution in [3.8, 4) is 0 Å². The number of hydrogen-bond acceptors (Lipinski definition) is 6. The molecule has 1 aromatic rings. The van der Waals surface area contributed by atoms with E-state index in [0.29, 0.717) is 0 Å². The van der Waals surface area contributed by atoms with Gasteiger partial charge >= 0.3 is 11.9 Å². The molecule has 1 amide bonds. The van der Waals surface area contributed by atoms with Crippen LogP contribution in [0.15, 0.2) is 18.2 Å². The number of nitrogens with one attached hydrogen (secondary N) is 1. The Kier molecular flexibility index (Phi) is 7.57. The number of carbonyl (C=O) groups excluding carboxylic acids is 3. The van der Waals surface area contributed by atoms with Gasteiger partial charge in [-0.1, -0.05) is 18.2 Å². The second kappa shape index (κ2) is 9.17. The second-order valence-corrected chi connectivity index (χ2v) is 5.75. The lowest BCUT2D eigenvalue weighted by Gasteiger charge is -2.22. The number of aryl methyl sites for hydroxylation is 2. The first-order valence-electron chi connectivity index (χ1n) is 7.90. The molecule has 0 spiro atoms. The molecule has 0 saturated heterocycles. The first-order chi connectivity index (χ1) is 11.7. The molecular formula is C18H25NO6. The summed E-state index contributed by atoms with van der Waals surface area (Å²) in [6.07, 6.45) is -1.90. The summed E-state index contributed by atoms with van der Waals surface area (Å²) in [4.78, 5) is 35.8. The lowest BCUT2D eigenvalue weighted by atomic mass is 9.97. The minimum absolute atomic E-state index is 0.463. The van der Waals surface area contributed by atoms with Crippen LogP contribution in [0.25, 0.3) is 0 Å². The van der Waals surface area contributed by atoms with Crippen molar-refractivity contribution in [2.45, 2.75) is 45.9 Å². The zero-order valence-electron chi connectivity index (χ0n) is 15.4. The average molecular weight is 351 g/mol. The van der Waals surface area contributed by atoms with Gasteiger partial charge in [-0.15, -0.1) is 0 Å². The smallest absolute Gasteiger partial charge is 0.346 e. The van der Waals surface area contributed by atoms with Gasteiger partial charge in [-0.3, -0.25) is 4.79 Å². The highest BCUT2D eigenvalue weighted by Crippen LogP contribution is 2.24. The van der Waals surface area contributed by atoms with E-state index in [4.69, 9.17) is 9.47 Å². The molecule has 25 heavy (non-hydrogen) atoms. The van der Waals surface area contributed by atoms with E-state index in [9.17, 15) is 14.4 Å². The van der Waals surface area contributed by atoms with E-state index in [1.165, 1.54) is 28.1 Å². The van der Waals surface area contributed by atoms with Gasteiger partial charge in [-0.05, 0) is 44.4 Å². The fourth-order valence-corrected chi connectivity index (χ4v) is 2.44. The molecule has 0 aliphatic carbocycles. The third kappa shape index (κ3) is 5.29. The summed E-state index contributed by atoms with van der Waals surface area (Å²) in [5, 5.41) is 2.56. The van der Waals surface area contributed by atoms with E-state index in [1.807, 2.05) is 32.0 Å². The summed E-state index contributed by atoms with van der Waals surface area (Å²) < 4.78 is 14.8. The number of carbonyl (C=O) groups is 3. The molecule has 0 aromatic heterocycles. The number of amides is 1. The van der Waals surface area contributed by atoms with Gasteiger partial charge in [0.25, 0.3) is 5.91 Å². The van der Waals surface area contributed by atoms with Gasteiger partial charge in [0.1, 0.15) is 6.04 Å². The molecule has 0 aliphatic heterocycles. The van der Waals surface area contributed by atoms with E-state index >= 15 is 0 Å². The fraction of sp³-hybridized carbons (Fsp3) is 0.500. The predicted molar refractivity (Wildman–Crippen MR) is 90.8 cm³/mol. The first kappa shape index (κ1) is 20.6. The second-order valence-electron chi connectivity index (χ2n) is 5.75. The average Bonchev–Trinajstić information content (AvgIpc) is 2.56. The summed E-state index contributed by atoms with van der Waals surface area (Å²) in [5.41, 5.74) is 2.58. The maximum atomic E-state index is 12.5. The number of esters is 2. The van der Waals surface area contributed by atoms with Crippen LogP contribution >= 0.6 is 0 Å². The Balaban J connectivity index is 2.82. The molecule has 3 atom stereocenters. The van der Waals surface area contributed by atoms with E-state index in [1.54, 1.807) is 0 Å². The quantitative estimate of drug-likeness (QED) is 0.751. The van der Waals surface area contributed by atoms with Crippen LogP contribution in [0.1, 0.15) is 36.6 Å². The van der Waals surface area contributed by atoms with Crippen molar-refractivity contribution in [1.29, 1.82) is 0 Å². The van der Waals surface area contributed by atoms with Crippen LogP contribution in [-0.4, -0.2) is 44.2 Å². The van der Waals surface area contributed by atoms with Crippen LogP contribution in [0.2, 0.25) is 0 Å². The molecule has 0 bridgehead atoms. The highest BCUT2D eigenvalue weighted by molar-refractivity contribution is 5.89. The van der Waals surface area contributed by atoms with Crippen molar-refractivity contribution in [3.05, 3.63) is 34.9 Å². The summed E-state index contributed by atoms with van der Waals surface area (Å²) in [6.45, 7) is 6.64. The van der Waals surface area contributed by atoms with Crippen molar-refractivity contribution in [3.63, 3.8) is 0 Å². The van der Waals surface area contributed by atoms with E-state index in [2.05, 4.69) is 10.1 Å². The lowest BCUT2D eigenvalue weighted by Crippen LogP contribution is -2.44. The molecule has 138 valence electrons. The Morgan fingerprint density at radius 1 is 1.00 bits per heavy atom. The molecule has 7 heteroatoms. The van der Waals surface area contributed by atoms with Gasteiger partial charge in [0.2, 0.25) is 0 Å². The van der Waals surface area contributed by atoms with Crippen LogP contribution in [0.4, 0.5) is 0 Å². The lowest BCUT2D eigenvalue weighted by molar-refractivity contribution is -0.166. The topological polar surface area (TPSA) is 90.9 Å². The zero-order chi connectivity index (χ0) is 19.1. The third-order valence-electron chi connectivity index (χ3n) is 3.82. The van der Waals surface area contributed by atoms with Crippen LogP contribution < -0.4 is 5.32 Å². The van der Waals surface area contributed by atoms with Gasteiger partial charge in [0, 0.05) is 7.11 Å². The molecule has 0 aliphatic rings. The third-order valence-corrected chi connectivity index (χ3v) is 3.82. The van der Waals surface area contributed by atoms with Gasteiger partial charge in [0.15, 0.2) is 12.2 Å². The van der Waals surface area contributed by atoms with Crippen LogP contribution in [0.5, 0.6) is 0 Å². The number of methoxy groups -OCH3 is 2. The fourth-order valence-electron chi connectivity index (χ4n) is 2.44. The molecule has 1 N–H and O–H groups in total.